The lowest BCUT2D eigenvalue weighted by Crippen LogP contribution is -2.10. The third-order valence-electron chi connectivity index (χ3n) is 2.40. The van der Waals surface area contributed by atoms with E-state index < -0.39 is 0 Å². The van der Waals surface area contributed by atoms with Gasteiger partial charge < -0.3 is 0 Å². The average molecular weight is 219 g/mol. The Balaban J connectivity index is 2.14. The fraction of sp³-hybridized carbons (Fsp3) is 0.182. The van der Waals surface area contributed by atoms with Crippen LogP contribution >= 0.6 is 22.7 Å². The molecule has 14 heavy (non-hydrogen) atoms. The summed E-state index contributed by atoms with van der Waals surface area (Å²) in [6, 6.07) is 4.34. The Bertz CT molecular complexity index is 465. The Labute approximate surface area is 90.8 Å². The standard InChI is InChI=1S/C11H9NS2/c1-4-12-11(8-2-5-13-7-8)9-3-6-14-10(1)9/h2-3,5-7H,1,4H2. The Morgan fingerprint density at radius 3 is 3.07 bits per heavy atom. The topological polar surface area (TPSA) is 12.4 Å². The summed E-state index contributed by atoms with van der Waals surface area (Å²) >= 11 is 3.58. The molecule has 3 heterocycles. The van der Waals surface area contributed by atoms with Gasteiger partial charge >= 0.3 is 0 Å². The highest BCUT2D eigenvalue weighted by Gasteiger charge is 2.16. The minimum absolute atomic E-state index is 0.943. The van der Waals surface area contributed by atoms with Crippen LogP contribution in [0.4, 0.5) is 0 Å². The number of nitrogens with zero attached hydrogens (tertiary/aromatic N) is 1. The summed E-state index contributed by atoms with van der Waals surface area (Å²) in [6.45, 7) is 0.943. The van der Waals surface area contributed by atoms with Crippen LogP contribution in [0.25, 0.3) is 0 Å². The maximum absolute atomic E-state index is 4.62. The van der Waals surface area contributed by atoms with Crippen molar-refractivity contribution in [2.45, 2.75) is 6.42 Å². The first-order valence-corrected chi connectivity index (χ1v) is 6.41. The van der Waals surface area contributed by atoms with Gasteiger partial charge in [0.25, 0.3) is 0 Å². The molecule has 0 bridgehead atoms. The van der Waals surface area contributed by atoms with Crippen molar-refractivity contribution in [1.29, 1.82) is 0 Å². The first-order valence-electron chi connectivity index (χ1n) is 4.59. The van der Waals surface area contributed by atoms with Gasteiger partial charge in [-0.3, -0.25) is 4.99 Å². The van der Waals surface area contributed by atoms with E-state index in [9.17, 15) is 0 Å². The van der Waals surface area contributed by atoms with Crippen molar-refractivity contribution in [3.8, 4) is 0 Å². The fourth-order valence-electron chi connectivity index (χ4n) is 1.75. The molecule has 0 fully saturated rings. The Morgan fingerprint density at radius 2 is 2.21 bits per heavy atom. The Morgan fingerprint density at radius 1 is 1.21 bits per heavy atom. The minimum Gasteiger partial charge on any atom is -0.284 e. The lowest BCUT2D eigenvalue weighted by Gasteiger charge is -2.11. The first-order chi connectivity index (χ1) is 6.95. The molecule has 0 radical (unpaired) electrons. The van der Waals surface area contributed by atoms with E-state index in [4.69, 9.17) is 0 Å². The molecule has 2 aromatic heterocycles. The summed E-state index contributed by atoms with van der Waals surface area (Å²) in [4.78, 5) is 6.10. The van der Waals surface area contributed by atoms with E-state index in [0.29, 0.717) is 0 Å². The number of thiophene rings is 2. The summed E-state index contributed by atoms with van der Waals surface area (Å²) in [5.74, 6) is 0. The van der Waals surface area contributed by atoms with Crippen molar-refractivity contribution in [3.05, 3.63) is 44.3 Å². The van der Waals surface area contributed by atoms with Gasteiger partial charge in [-0.1, -0.05) is 0 Å². The maximum atomic E-state index is 4.62. The zero-order valence-corrected chi connectivity index (χ0v) is 9.20. The molecular formula is C11H9NS2. The van der Waals surface area contributed by atoms with Gasteiger partial charge in [-0.2, -0.15) is 11.3 Å². The second kappa shape index (κ2) is 3.33. The highest BCUT2D eigenvalue weighted by molar-refractivity contribution is 7.10. The molecule has 1 aliphatic heterocycles. The zero-order valence-electron chi connectivity index (χ0n) is 7.56. The van der Waals surface area contributed by atoms with Gasteiger partial charge in [0.1, 0.15) is 0 Å². The van der Waals surface area contributed by atoms with E-state index in [2.05, 4.69) is 33.3 Å². The van der Waals surface area contributed by atoms with Gasteiger partial charge in [0.05, 0.1) is 5.71 Å². The summed E-state index contributed by atoms with van der Waals surface area (Å²) in [5.41, 5.74) is 3.81. The number of hydrogen-bond donors (Lipinski definition) is 0. The van der Waals surface area contributed by atoms with Crippen LogP contribution in [0.15, 0.2) is 33.3 Å². The predicted molar refractivity (Wildman–Crippen MR) is 62.8 cm³/mol. The number of rotatable bonds is 1. The van der Waals surface area contributed by atoms with Crippen molar-refractivity contribution in [2.75, 3.05) is 6.54 Å². The molecule has 0 N–H and O–H groups in total. The highest BCUT2D eigenvalue weighted by Crippen LogP contribution is 2.25. The number of fused-ring (bicyclic) bond motifs is 1. The van der Waals surface area contributed by atoms with Gasteiger partial charge in [-0.05, 0) is 22.9 Å². The molecule has 70 valence electrons. The summed E-state index contributed by atoms with van der Waals surface area (Å²) in [7, 11) is 0. The average Bonchev–Trinajstić information content (AvgIpc) is 2.88. The smallest absolute Gasteiger partial charge is 0.0738 e. The van der Waals surface area contributed by atoms with Crippen LogP contribution in [0.3, 0.4) is 0 Å². The van der Waals surface area contributed by atoms with E-state index in [1.54, 1.807) is 11.3 Å². The van der Waals surface area contributed by atoms with E-state index in [1.807, 2.05) is 11.3 Å². The molecule has 0 unspecified atom stereocenters. The lowest BCUT2D eigenvalue weighted by molar-refractivity contribution is 0.966. The third-order valence-corrected chi connectivity index (χ3v) is 4.07. The van der Waals surface area contributed by atoms with Crippen LogP contribution in [-0.2, 0) is 6.42 Å². The van der Waals surface area contributed by atoms with E-state index in [0.717, 1.165) is 13.0 Å². The van der Waals surface area contributed by atoms with Crippen LogP contribution in [0.2, 0.25) is 0 Å². The Hall–Kier alpha value is -0.930. The second-order valence-corrected chi connectivity index (χ2v) is 5.03. The summed E-state index contributed by atoms with van der Waals surface area (Å²) in [6.07, 6.45) is 1.11. The largest absolute Gasteiger partial charge is 0.284 e. The molecule has 3 rings (SSSR count). The van der Waals surface area contributed by atoms with Gasteiger partial charge in [-0.15, -0.1) is 11.3 Å². The van der Waals surface area contributed by atoms with E-state index in [-0.39, 0.29) is 0 Å². The molecule has 0 aromatic carbocycles. The molecule has 0 aliphatic carbocycles. The number of aliphatic imine (C=N–C) groups is 1. The molecule has 1 aliphatic rings. The van der Waals surface area contributed by atoms with Crippen LogP contribution < -0.4 is 0 Å². The SMILES string of the molecule is c1cc(C2=NCCc3sccc32)cs1. The fourth-order valence-corrected chi connectivity index (χ4v) is 3.26. The van der Waals surface area contributed by atoms with Gasteiger partial charge in [0.15, 0.2) is 0 Å². The highest BCUT2D eigenvalue weighted by atomic mass is 32.1. The third kappa shape index (κ3) is 1.24. The molecule has 0 atom stereocenters. The first kappa shape index (κ1) is 8.38. The monoisotopic (exact) mass is 219 g/mol. The minimum atomic E-state index is 0.943. The molecule has 0 saturated carbocycles. The van der Waals surface area contributed by atoms with Crippen LogP contribution in [-0.4, -0.2) is 12.3 Å². The number of hydrogen-bond acceptors (Lipinski definition) is 3. The van der Waals surface area contributed by atoms with E-state index >= 15 is 0 Å². The zero-order chi connectivity index (χ0) is 9.38. The second-order valence-electron chi connectivity index (χ2n) is 3.25. The lowest BCUT2D eigenvalue weighted by atomic mass is 10.0. The van der Waals surface area contributed by atoms with Crippen LogP contribution in [0.5, 0.6) is 0 Å². The summed E-state index contributed by atoms with van der Waals surface area (Å²) < 4.78 is 0. The van der Waals surface area contributed by atoms with Crippen molar-refractivity contribution in [3.63, 3.8) is 0 Å². The predicted octanol–water partition coefficient (Wildman–Crippen LogP) is 3.20. The van der Waals surface area contributed by atoms with Crippen molar-refractivity contribution in [1.82, 2.24) is 0 Å². The molecule has 1 nitrogen and oxygen atoms in total. The molecule has 2 aromatic rings. The molecule has 3 heteroatoms. The quantitative estimate of drug-likeness (QED) is 0.698. The normalized spacial score (nSPS) is 15.0. The molecule has 0 spiro atoms. The van der Waals surface area contributed by atoms with Crippen LogP contribution in [0, 0.1) is 0 Å². The Kier molecular flexibility index (Phi) is 2.00. The summed E-state index contributed by atoms with van der Waals surface area (Å²) in [5, 5.41) is 6.45. The molecular weight excluding hydrogens is 210 g/mol. The van der Waals surface area contributed by atoms with Crippen molar-refractivity contribution in [2.24, 2.45) is 4.99 Å². The van der Waals surface area contributed by atoms with Gasteiger partial charge in [0, 0.05) is 34.3 Å². The van der Waals surface area contributed by atoms with Crippen molar-refractivity contribution < 1.29 is 0 Å². The molecule has 0 amide bonds. The van der Waals surface area contributed by atoms with Gasteiger partial charge in [-0.25, -0.2) is 0 Å². The van der Waals surface area contributed by atoms with Crippen molar-refractivity contribution >= 4 is 28.4 Å². The van der Waals surface area contributed by atoms with Gasteiger partial charge in [0.2, 0.25) is 0 Å². The maximum Gasteiger partial charge on any atom is 0.0738 e. The molecule has 0 saturated heterocycles. The van der Waals surface area contributed by atoms with Crippen LogP contribution in [0.1, 0.15) is 16.0 Å². The van der Waals surface area contributed by atoms with E-state index in [1.165, 1.54) is 21.7 Å².